The number of anilines is 1. The van der Waals surface area contributed by atoms with Gasteiger partial charge in [-0.15, -0.1) is 12.4 Å². The average Bonchev–Trinajstić information content (AvgIpc) is 2.40. The molecule has 1 heterocycles. The van der Waals surface area contributed by atoms with Crippen molar-refractivity contribution >= 4 is 24.0 Å². The number of nitrogen functional groups attached to an aromatic ring is 1. The van der Waals surface area contributed by atoms with Gasteiger partial charge in [-0.3, -0.25) is 4.79 Å². The fraction of sp³-hybridized carbons (Fsp3) is 0.500. The molecule has 1 fully saturated rings. The summed E-state index contributed by atoms with van der Waals surface area (Å²) in [6.45, 7) is 1.84. The highest BCUT2D eigenvalue weighted by molar-refractivity contribution is 5.96. The first-order chi connectivity index (χ1) is 9.29. The summed E-state index contributed by atoms with van der Waals surface area (Å²) in [6.07, 6.45) is -3.79. The van der Waals surface area contributed by atoms with Gasteiger partial charge in [-0.1, -0.05) is 6.07 Å². The van der Waals surface area contributed by atoms with Gasteiger partial charge in [0.2, 0.25) is 0 Å². The lowest BCUT2D eigenvalue weighted by atomic mass is 9.96. The molecule has 118 valence electrons. The molecule has 2 rings (SSSR count). The zero-order chi connectivity index (χ0) is 14.9. The third kappa shape index (κ3) is 4.03. The molecule has 1 aliphatic rings. The van der Waals surface area contributed by atoms with Crippen LogP contribution >= 0.6 is 12.4 Å². The maximum Gasteiger partial charge on any atom is 0.393 e. The second-order valence-corrected chi connectivity index (χ2v) is 5.21. The first kappa shape index (κ1) is 17.6. The zero-order valence-corrected chi connectivity index (χ0v) is 12.4. The lowest BCUT2D eigenvalue weighted by molar-refractivity contribution is -0.184. The first-order valence-electron chi connectivity index (χ1n) is 6.51. The molecule has 0 saturated carbocycles. The van der Waals surface area contributed by atoms with Crippen molar-refractivity contribution in [1.29, 1.82) is 0 Å². The van der Waals surface area contributed by atoms with Gasteiger partial charge in [0.1, 0.15) is 0 Å². The number of likely N-dealkylation sites (tertiary alicyclic amines) is 1. The summed E-state index contributed by atoms with van der Waals surface area (Å²) >= 11 is 0. The summed E-state index contributed by atoms with van der Waals surface area (Å²) in [4.78, 5) is 13.6. The first-order valence-corrected chi connectivity index (χ1v) is 6.51. The number of halogens is 4. The van der Waals surface area contributed by atoms with E-state index in [4.69, 9.17) is 5.73 Å². The van der Waals surface area contributed by atoms with Gasteiger partial charge in [0.25, 0.3) is 5.91 Å². The lowest BCUT2D eigenvalue weighted by Crippen LogP contribution is -2.44. The maximum absolute atomic E-state index is 12.8. The number of nitrogens with two attached hydrogens (primary N) is 1. The number of carbonyl (C=O) groups is 1. The third-order valence-corrected chi connectivity index (χ3v) is 3.66. The van der Waals surface area contributed by atoms with Gasteiger partial charge in [-0.2, -0.15) is 13.2 Å². The van der Waals surface area contributed by atoms with Crippen LogP contribution in [-0.4, -0.2) is 30.1 Å². The van der Waals surface area contributed by atoms with Gasteiger partial charge in [-0.25, -0.2) is 0 Å². The Hall–Kier alpha value is -1.43. The number of piperidine rings is 1. The molecule has 0 radical (unpaired) electrons. The normalized spacial score (nSPS) is 19.0. The predicted molar refractivity (Wildman–Crippen MR) is 77.5 cm³/mol. The number of hydrogen-bond donors (Lipinski definition) is 1. The smallest absolute Gasteiger partial charge is 0.393 e. The highest BCUT2D eigenvalue weighted by atomic mass is 35.5. The van der Waals surface area contributed by atoms with Crippen molar-refractivity contribution in [3.8, 4) is 0 Å². The molecule has 2 N–H and O–H groups in total. The Bertz CT molecular complexity index is 519. The number of rotatable bonds is 1. The summed E-state index contributed by atoms with van der Waals surface area (Å²) in [5, 5.41) is 0. The van der Waals surface area contributed by atoms with E-state index in [0.29, 0.717) is 24.2 Å². The fourth-order valence-corrected chi connectivity index (χ4v) is 2.47. The van der Waals surface area contributed by atoms with Gasteiger partial charge in [0, 0.05) is 24.3 Å². The van der Waals surface area contributed by atoms with Crippen molar-refractivity contribution in [3.05, 3.63) is 29.3 Å². The van der Waals surface area contributed by atoms with Crippen LogP contribution < -0.4 is 5.73 Å². The minimum Gasteiger partial charge on any atom is -0.399 e. The van der Waals surface area contributed by atoms with Crippen molar-refractivity contribution < 1.29 is 18.0 Å². The molecule has 21 heavy (non-hydrogen) atoms. The number of benzene rings is 1. The van der Waals surface area contributed by atoms with Crippen LogP contribution in [-0.2, 0) is 0 Å². The molecule has 7 heteroatoms. The molecule has 1 unspecified atom stereocenters. The van der Waals surface area contributed by atoms with E-state index in [-0.39, 0.29) is 31.3 Å². The largest absolute Gasteiger partial charge is 0.399 e. The number of nitrogens with zero attached hydrogens (tertiary/aromatic N) is 1. The molecular weight excluding hydrogens is 305 g/mol. The number of amides is 1. The van der Waals surface area contributed by atoms with Crippen LogP contribution in [0.15, 0.2) is 18.2 Å². The van der Waals surface area contributed by atoms with Gasteiger partial charge < -0.3 is 10.6 Å². The van der Waals surface area contributed by atoms with Crippen LogP contribution in [0.5, 0.6) is 0 Å². The molecule has 0 spiro atoms. The molecular formula is C14H18ClF3N2O. The van der Waals surface area contributed by atoms with E-state index in [1.165, 1.54) is 11.0 Å². The Morgan fingerprint density at radius 2 is 2.05 bits per heavy atom. The van der Waals surface area contributed by atoms with Gasteiger partial charge in [0.15, 0.2) is 0 Å². The van der Waals surface area contributed by atoms with Crippen LogP contribution in [0.4, 0.5) is 18.9 Å². The van der Waals surface area contributed by atoms with Crippen molar-refractivity contribution in [1.82, 2.24) is 4.90 Å². The Labute approximate surface area is 127 Å². The van der Waals surface area contributed by atoms with Gasteiger partial charge in [0.05, 0.1) is 5.92 Å². The molecule has 0 aromatic heterocycles. The molecule has 0 aliphatic carbocycles. The molecule has 1 aromatic carbocycles. The quantitative estimate of drug-likeness (QED) is 0.805. The Morgan fingerprint density at radius 1 is 1.38 bits per heavy atom. The highest BCUT2D eigenvalue weighted by Crippen LogP contribution is 2.33. The summed E-state index contributed by atoms with van der Waals surface area (Å²) in [6, 6.07) is 4.89. The summed E-state index contributed by atoms with van der Waals surface area (Å²) in [5.41, 5.74) is 7.18. The lowest BCUT2D eigenvalue weighted by Gasteiger charge is -2.34. The van der Waals surface area contributed by atoms with Crippen LogP contribution in [0.25, 0.3) is 0 Å². The monoisotopic (exact) mass is 322 g/mol. The predicted octanol–water partition coefficient (Wildman–Crippen LogP) is 3.41. The number of aryl methyl sites for hydroxylation is 1. The van der Waals surface area contributed by atoms with Gasteiger partial charge in [-0.05, 0) is 37.5 Å². The zero-order valence-electron chi connectivity index (χ0n) is 11.6. The van der Waals surface area contributed by atoms with E-state index in [0.717, 1.165) is 5.56 Å². The van der Waals surface area contributed by atoms with E-state index >= 15 is 0 Å². The maximum atomic E-state index is 12.8. The Balaban J connectivity index is 0.00000220. The number of carbonyl (C=O) groups excluding carboxylic acids is 1. The van der Waals surface area contributed by atoms with Crippen LogP contribution in [0.1, 0.15) is 28.8 Å². The second kappa shape index (κ2) is 6.56. The average molecular weight is 323 g/mol. The molecule has 1 atom stereocenters. The molecule has 3 nitrogen and oxygen atoms in total. The van der Waals surface area contributed by atoms with Gasteiger partial charge >= 0.3 is 6.18 Å². The van der Waals surface area contributed by atoms with E-state index in [9.17, 15) is 18.0 Å². The van der Waals surface area contributed by atoms with Crippen molar-refractivity contribution in [3.63, 3.8) is 0 Å². The molecule has 1 aromatic rings. The van der Waals surface area contributed by atoms with Crippen molar-refractivity contribution in [2.75, 3.05) is 18.8 Å². The third-order valence-electron chi connectivity index (χ3n) is 3.66. The van der Waals surface area contributed by atoms with Crippen LogP contribution in [0, 0.1) is 12.8 Å². The molecule has 1 amide bonds. The summed E-state index contributed by atoms with van der Waals surface area (Å²) < 4.78 is 38.3. The minimum absolute atomic E-state index is 0. The highest BCUT2D eigenvalue weighted by Gasteiger charge is 2.42. The number of hydrogen-bond acceptors (Lipinski definition) is 2. The molecule has 1 aliphatic heterocycles. The standard InChI is InChI=1S/C14H17F3N2O.ClH/c1-9-4-5-11(18)7-12(9)13(20)19-6-2-3-10(8-19)14(15,16)17;/h4-5,7,10H,2-3,6,8,18H2,1H3;1H. The Kier molecular flexibility index (Phi) is 5.50. The fourth-order valence-electron chi connectivity index (χ4n) is 2.47. The van der Waals surface area contributed by atoms with Crippen molar-refractivity contribution in [2.24, 2.45) is 5.92 Å². The van der Waals surface area contributed by atoms with E-state index < -0.39 is 12.1 Å². The molecule has 0 bridgehead atoms. The Morgan fingerprint density at radius 3 is 2.67 bits per heavy atom. The minimum atomic E-state index is -4.25. The van der Waals surface area contributed by atoms with Crippen molar-refractivity contribution in [2.45, 2.75) is 25.9 Å². The summed E-state index contributed by atoms with van der Waals surface area (Å²) in [5.74, 6) is -1.80. The topological polar surface area (TPSA) is 46.3 Å². The van der Waals surface area contributed by atoms with Crippen LogP contribution in [0.3, 0.4) is 0 Å². The van der Waals surface area contributed by atoms with Crippen LogP contribution in [0.2, 0.25) is 0 Å². The van der Waals surface area contributed by atoms with E-state index in [1.54, 1.807) is 19.1 Å². The SMILES string of the molecule is Cc1ccc(N)cc1C(=O)N1CCCC(C(F)(F)F)C1.Cl. The molecule has 1 saturated heterocycles. The second-order valence-electron chi connectivity index (χ2n) is 5.21. The van der Waals surface area contributed by atoms with E-state index in [2.05, 4.69) is 0 Å². The number of alkyl halides is 3. The van der Waals surface area contributed by atoms with E-state index in [1.807, 2.05) is 0 Å². The summed E-state index contributed by atoms with van der Waals surface area (Å²) in [7, 11) is 0.